The Morgan fingerprint density at radius 1 is 1.15 bits per heavy atom. The van der Waals surface area contributed by atoms with E-state index in [4.69, 9.17) is 9.47 Å². The quantitative estimate of drug-likeness (QED) is 0.347. The van der Waals surface area contributed by atoms with Gasteiger partial charge in [-0.2, -0.15) is 0 Å². The van der Waals surface area contributed by atoms with Gasteiger partial charge in [-0.25, -0.2) is 0 Å². The van der Waals surface area contributed by atoms with Crippen LogP contribution in [0.25, 0.3) is 5.76 Å². The number of amides is 1. The van der Waals surface area contributed by atoms with Crippen molar-refractivity contribution in [2.24, 2.45) is 0 Å². The lowest BCUT2D eigenvalue weighted by Gasteiger charge is -2.25. The van der Waals surface area contributed by atoms with Crippen LogP contribution in [0.4, 0.5) is 5.69 Å². The first-order chi connectivity index (χ1) is 16.5. The molecule has 1 amide bonds. The van der Waals surface area contributed by atoms with Crippen molar-refractivity contribution in [3.63, 3.8) is 0 Å². The molecule has 0 saturated carbocycles. The standard InChI is InChI=1S/C27H24N2O5/c1-3-33-21-6-4-5-20(15-21)29-24(17-9-11-28-12-10-17)23(26(31)27(29)32)25(30)18-7-8-22-19(14-18)13-16(2)34-22/h4-12,14-16,24,30H,3,13H2,1-2H3/b25-23-. The van der Waals surface area contributed by atoms with Gasteiger partial charge in [-0.05, 0) is 67.4 Å². The Morgan fingerprint density at radius 3 is 2.71 bits per heavy atom. The molecule has 7 heteroatoms. The first kappa shape index (κ1) is 21.7. The summed E-state index contributed by atoms with van der Waals surface area (Å²) in [6.07, 6.45) is 3.95. The second-order valence-electron chi connectivity index (χ2n) is 8.34. The average molecular weight is 456 g/mol. The Bertz CT molecular complexity index is 1300. The third-order valence-corrected chi connectivity index (χ3v) is 6.04. The van der Waals surface area contributed by atoms with Crippen LogP contribution < -0.4 is 14.4 Å². The second kappa shape index (κ2) is 8.67. The van der Waals surface area contributed by atoms with E-state index in [0.29, 0.717) is 35.6 Å². The number of ether oxygens (including phenoxy) is 2. The maximum absolute atomic E-state index is 13.3. The van der Waals surface area contributed by atoms with Crippen molar-refractivity contribution in [1.82, 2.24) is 4.98 Å². The monoisotopic (exact) mass is 456 g/mol. The van der Waals surface area contributed by atoms with E-state index in [1.54, 1.807) is 60.9 Å². The van der Waals surface area contributed by atoms with E-state index < -0.39 is 17.7 Å². The highest BCUT2D eigenvalue weighted by atomic mass is 16.5. The summed E-state index contributed by atoms with van der Waals surface area (Å²) >= 11 is 0. The third-order valence-electron chi connectivity index (χ3n) is 6.04. The zero-order valence-electron chi connectivity index (χ0n) is 18.9. The molecule has 1 fully saturated rings. The van der Waals surface area contributed by atoms with Crippen LogP contribution in [0.2, 0.25) is 0 Å². The minimum absolute atomic E-state index is 0.0323. The van der Waals surface area contributed by atoms with Crippen molar-refractivity contribution in [3.8, 4) is 11.5 Å². The molecule has 3 heterocycles. The van der Waals surface area contributed by atoms with Gasteiger partial charge in [-0.3, -0.25) is 19.5 Å². The van der Waals surface area contributed by atoms with Gasteiger partial charge in [-0.15, -0.1) is 0 Å². The van der Waals surface area contributed by atoms with Crippen molar-refractivity contribution >= 4 is 23.1 Å². The minimum Gasteiger partial charge on any atom is -0.507 e. The summed E-state index contributed by atoms with van der Waals surface area (Å²) in [6, 6.07) is 15.0. The number of anilines is 1. The average Bonchev–Trinajstić information content (AvgIpc) is 3.35. The molecule has 2 aliphatic rings. The Hall–Kier alpha value is -4.13. The molecule has 3 aromatic rings. The van der Waals surface area contributed by atoms with Crippen LogP contribution in [0.5, 0.6) is 11.5 Å². The fourth-order valence-corrected chi connectivity index (χ4v) is 4.57. The van der Waals surface area contributed by atoms with E-state index >= 15 is 0 Å². The number of nitrogens with zero attached hydrogens (tertiary/aromatic N) is 2. The summed E-state index contributed by atoms with van der Waals surface area (Å²) in [5, 5.41) is 11.3. The van der Waals surface area contributed by atoms with E-state index in [1.807, 2.05) is 19.9 Å². The highest BCUT2D eigenvalue weighted by Gasteiger charge is 2.47. The first-order valence-corrected chi connectivity index (χ1v) is 11.2. The molecule has 2 atom stereocenters. The van der Waals surface area contributed by atoms with Crippen LogP contribution in [0, 0.1) is 0 Å². The number of rotatable bonds is 5. The lowest BCUT2D eigenvalue weighted by Crippen LogP contribution is -2.29. The first-order valence-electron chi connectivity index (χ1n) is 11.2. The van der Waals surface area contributed by atoms with Crippen LogP contribution in [0.3, 0.4) is 0 Å². The number of carbonyl (C=O) groups is 2. The molecular formula is C27H24N2O5. The second-order valence-corrected chi connectivity index (χ2v) is 8.34. The predicted octanol–water partition coefficient (Wildman–Crippen LogP) is 4.43. The van der Waals surface area contributed by atoms with Gasteiger partial charge < -0.3 is 14.6 Å². The van der Waals surface area contributed by atoms with E-state index in [2.05, 4.69) is 4.98 Å². The fourth-order valence-electron chi connectivity index (χ4n) is 4.57. The Labute approximate surface area is 197 Å². The van der Waals surface area contributed by atoms with Crippen LogP contribution >= 0.6 is 0 Å². The molecule has 7 nitrogen and oxygen atoms in total. The predicted molar refractivity (Wildman–Crippen MR) is 127 cm³/mol. The number of carbonyl (C=O) groups excluding carboxylic acids is 2. The van der Waals surface area contributed by atoms with E-state index in [0.717, 1.165) is 11.3 Å². The Kier molecular flexibility index (Phi) is 5.53. The number of benzene rings is 2. The molecule has 2 aliphatic heterocycles. The Morgan fingerprint density at radius 2 is 1.94 bits per heavy atom. The molecular weight excluding hydrogens is 432 g/mol. The number of Topliss-reactive ketones (excluding diaryl/α,β-unsaturated/α-hetero) is 1. The number of aromatic nitrogens is 1. The van der Waals surface area contributed by atoms with Crippen LogP contribution in [-0.2, 0) is 16.0 Å². The normalized spacial score (nSPS) is 20.8. The zero-order chi connectivity index (χ0) is 23.8. The largest absolute Gasteiger partial charge is 0.507 e. The van der Waals surface area contributed by atoms with Gasteiger partial charge in [0.15, 0.2) is 0 Å². The molecule has 1 aromatic heterocycles. The van der Waals surface area contributed by atoms with Crippen LogP contribution in [0.1, 0.15) is 36.6 Å². The molecule has 2 unspecified atom stereocenters. The minimum atomic E-state index is -0.816. The Balaban J connectivity index is 1.66. The zero-order valence-corrected chi connectivity index (χ0v) is 18.9. The third kappa shape index (κ3) is 3.69. The van der Waals surface area contributed by atoms with Crippen molar-refractivity contribution in [2.75, 3.05) is 11.5 Å². The van der Waals surface area contributed by atoms with Crippen molar-refractivity contribution in [1.29, 1.82) is 0 Å². The number of hydrogen-bond donors (Lipinski definition) is 1. The van der Waals surface area contributed by atoms with E-state index in [-0.39, 0.29) is 17.4 Å². The van der Waals surface area contributed by atoms with Crippen molar-refractivity contribution in [3.05, 3.63) is 89.3 Å². The van der Waals surface area contributed by atoms with Crippen molar-refractivity contribution < 1.29 is 24.2 Å². The number of aliphatic hydroxyl groups excluding tert-OH is 1. The van der Waals surface area contributed by atoms with Gasteiger partial charge >= 0.3 is 0 Å². The highest BCUT2D eigenvalue weighted by molar-refractivity contribution is 6.51. The van der Waals surface area contributed by atoms with Gasteiger partial charge in [0.1, 0.15) is 23.4 Å². The maximum atomic E-state index is 13.3. The fraction of sp³-hybridized carbons (Fsp3) is 0.222. The van der Waals surface area contributed by atoms with Gasteiger partial charge in [0.25, 0.3) is 11.7 Å². The number of pyridine rings is 1. The molecule has 1 saturated heterocycles. The molecule has 172 valence electrons. The van der Waals surface area contributed by atoms with Gasteiger partial charge in [0.05, 0.1) is 18.2 Å². The summed E-state index contributed by atoms with van der Waals surface area (Å²) in [4.78, 5) is 32.1. The van der Waals surface area contributed by atoms with Crippen molar-refractivity contribution in [2.45, 2.75) is 32.4 Å². The number of aliphatic hydroxyl groups is 1. The summed E-state index contributed by atoms with van der Waals surface area (Å²) in [5.41, 5.74) is 2.62. The lowest BCUT2D eigenvalue weighted by molar-refractivity contribution is -0.132. The number of fused-ring (bicyclic) bond motifs is 1. The van der Waals surface area contributed by atoms with Crippen LogP contribution in [0.15, 0.2) is 72.6 Å². The van der Waals surface area contributed by atoms with Gasteiger partial charge in [-0.1, -0.05) is 6.07 Å². The molecule has 0 aliphatic carbocycles. The molecule has 0 radical (unpaired) electrons. The summed E-state index contributed by atoms with van der Waals surface area (Å²) in [7, 11) is 0. The maximum Gasteiger partial charge on any atom is 0.300 e. The molecule has 0 bridgehead atoms. The molecule has 5 rings (SSSR count). The van der Waals surface area contributed by atoms with Gasteiger partial charge in [0, 0.05) is 36.1 Å². The molecule has 0 spiro atoms. The number of hydrogen-bond acceptors (Lipinski definition) is 6. The van der Waals surface area contributed by atoms with Gasteiger partial charge in [0.2, 0.25) is 0 Å². The molecule has 34 heavy (non-hydrogen) atoms. The lowest BCUT2D eigenvalue weighted by atomic mass is 9.95. The smallest absolute Gasteiger partial charge is 0.300 e. The molecule has 1 N–H and O–H groups in total. The SMILES string of the molecule is CCOc1cccc(N2C(=O)C(=O)/C(=C(\O)c3ccc4c(c3)CC(C)O4)C2c2ccncc2)c1. The van der Waals surface area contributed by atoms with E-state index in [9.17, 15) is 14.7 Å². The summed E-state index contributed by atoms with van der Waals surface area (Å²) in [5.74, 6) is -0.321. The summed E-state index contributed by atoms with van der Waals surface area (Å²) < 4.78 is 11.4. The highest BCUT2D eigenvalue weighted by Crippen LogP contribution is 2.43. The summed E-state index contributed by atoms with van der Waals surface area (Å²) in [6.45, 7) is 4.32. The molecule has 2 aromatic carbocycles. The van der Waals surface area contributed by atoms with Crippen LogP contribution in [-0.4, -0.2) is 34.5 Å². The topological polar surface area (TPSA) is 89.0 Å². The number of ketones is 1. The van der Waals surface area contributed by atoms with E-state index in [1.165, 1.54) is 4.90 Å².